The van der Waals surface area contributed by atoms with Crippen molar-refractivity contribution in [2.24, 2.45) is 0 Å². The fourth-order valence-electron chi connectivity index (χ4n) is 4.27. The second kappa shape index (κ2) is 10.8. The van der Waals surface area contributed by atoms with Crippen LogP contribution in [0, 0.1) is 5.41 Å². The van der Waals surface area contributed by atoms with Gasteiger partial charge in [-0.05, 0) is 61.8 Å². The van der Waals surface area contributed by atoms with Gasteiger partial charge in [0.1, 0.15) is 18.9 Å². The molecule has 1 aromatic carbocycles. The molecule has 1 aliphatic carbocycles. The number of carbonyl (C=O) groups excluding carboxylic acids is 1. The van der Waals surface area contributed by atoms with E-state index in [9.17, 15) is 4.79 Å². The molecule has 0 radical (unpaired) electrons. The summed E-state index contributed by atoms with van der Waals surface area (Å²) in [6, 6.07) is 5.44. The van der Waals surface area contributed by atoms with Crippen LogP contribution in [-0.4, -0.2) is 50.1 Å². The minimum atomic E-state index is -0.191. The van der Waals surface area contributed by atoms with E-state index in [2.05, 4.69) is 31.0 Å². The Hall–Kier alpha value is -2.91. The van der Waals surface area contributed by atoms with Crippen LogP contribution in [0.2, 0.25) is 0 Å². The van der Waals surface area contributed by atoms with Crippen molar-refractivity contribution in [1.82, 2.24) is 19.4 Å². The monoisotopic (exact) mass is 503 g/mol. The van der Waals surface area contributed by atoms with E-state index in [0.717, 1.165) is 42.4 Å². The summed E-state index contributed by atoms with van der Waals surface area (Å²) in [5.41, 5.74) is 4.01. The highest BCUT2D eigenvalue weighted by Gasteiger charge is 2.24. The van der Waals surface area contributed by atoms with Crippen molar-refractivity contribution in [2.75, 3.05) is 19.8 Å². The number of nitrogens with zero attached hydrogens (tertiary/aromatic N) is 4. The number of halogens is 1. The van der Waals surface area contributed by atoms with E-state index in [1.807, 2.05) is 19.1 Å². The molecule has 2 N–H and O–H groups in total. The molecule has 0 saturated heterocycles. The van der Waals surface area contributed by atoms with Crippen LogP contribution in [-0.2, 0) is 24.8 Å². The average molecular weight is 504 g/mol. The molecule has 0 unspecified atom stereocenters. The van der Waals surface area contributed by atoms with Crippen LogP contribution < -0.4 is 15.1 Å². The van der Waals surface area contributed by atoms with Gasteiger partial charge in [-0.15, -0.1) is 22.6 Å². The fourth-order valence-corrected chi connectivity index (χ4v) is 4.27. The number of Topliss-reactive ketones (excluding diaryl/α,β-unsaturated/α-hetero) is 1. The molecule has 4 rings (SSSR count). The number of fused-ring (bicyclic) bond motifs is 3. The fraction of sp³-hybridized carbons (Fsp3) is 0.520. The van der Waals surface area contributed by atoms with Gasteiger partial charge in [-0.3, -0.25) is 10.2 Å². The summed E-state index contributed by atoms with van der Waals surface area (Å²) in [7, 11) is 0. The molecule has 3 aromatic rings. The number of benzene rings is 1. The first-order valence-electron chi connectivity index (χ1n) is 11.8. The average Bonchev–Trinajstić information content (AvgIpc) is 3.12. The zero-order valence-electron chi connectivity index (χ0n) is 20.8. The minimum Gasteiger partial charge on any atom is -0.491 e. The zero-order chi connectivity index (χ0) is 24.5. The topological polar surface area (TPSA) is 115 Å². The summed E-state index contributed by atoms with van der Waals surface area (Å²) in [4.78, 5) is 13.3. The Labute approximate surface area is 211 Å². The van der Waals surface area contributed by atoms with Gasteiger partial charge in [0.2, 0.25) is 11.5 Å². The first kappa shape index (κ1) is 26.7. The van der Waals surface area contributed by atoms with Crippen LogP contribution in [0.15, 0.2) is 18.2 Å². The van der Waals surface area contributed by atoms with Crippen LogP contribution in [0.25, 0.3) is 5.65 Å². The molecule has 35 heavy (non-hydrogen) atoms. The number of aliphatic hydroxyl groups excluding tert-OH is 1. The van der Waals surface area contributed by atoms with Crippen molar-refractivity contribution in [2.45, 2.75) is 65.3 Å². The Morgan fingerprint density at radius 1 is 1.11 bits per heavy atom. The van der Waals surface area contributed by atoms with Gasteiger partial charge < -0.3 is 14.6 Å². The highest BCUT2D eigenvalue weighted by atomic mass is 35.5. The zero-order valence-corrected chi connectivity index (χ0v) is 21.6. The third-order valence-electron chi connectivity index (χ3n) is 6.08. The first-order valence-corrected chi connectivity index (χ1v) is 11.8. The summed E-state index contributed by atoms with van der Waals surface area (Å²) in [5.74, 6) is 0.909. The van der Waals surface area contributed by atoms with E-state index in [1.54, 1.807) is 6.07 Å². The lowest BCUT2D eigenvalue weighted by Gasteiger charge is -2.21. The Morgan fingerprint density at radius 2 is 1.83 bits per heavy atom. The molecular formula is C25H34ClN5O4. The molecule has 0 aliphatic heterocycles. The number of hydrogen-bond donors (Lipinski definition) is 2. The van der Waals surface area contributed by atoms with Gasteiger partial charge in [0.25, 0.3) is 0 Å². The van der Waals surface area contributed by atoms with Crippen molar-refractivity contribution in [3.8, 4) is 11.6 Å². The molecule has 0 spiro atoms. The molecule has 0 atom stereocenters. The van der Waals surface area contributed by atoms with Crippen molar-refractivity contribution >= 4 is 23.8 Å². The maximum atomic E-state index is 13.3. The molecule has 0 bridgehead atoms. The maximum absolute atomic E-state index is 13.3. The van der Waals surface area contributed by atoms with Gasteiger partial charge in [0.15, 0.2) is 11.4 Å². The third-order valence-corrected chi connectivity index (χ3v) is 6.08. The number of aliphatic hydroxyl groups is 1. The minimum absolute atomic E-state index is 0. The SMILES string of the molecule is CCOc1nn2c(=N)n(CC(=O)c3cc(OCCO)cc(C(C)(C)C)c3)nc2c2c1CCCC2.Cl. The Balaban J connectivity index is 0.00000342. The molecule has 10 heteroatoms. The summed E-state index contributed by atoms with van der Waals surface area (Å²) in [5, 5.41) is 26.9. The van der Waals surface area contributed by atoms with Crippen molar-refractivity contribution < 1.29 is 19.4 Å². The second-order valence-electron chi connectivity index (χ2n) is 9.61. The standard InChI is InChI=1S/C25H33N5O4.ClH/c1-5-33-23-20-9-7-6-8-19(20)22-27-29(24(26)30(22)28-23)15-21(32)16-12-17(25(2,3)4)14-18(13-16)34-11-10-31;/h12-14,26,31H,5-11,15H2,1-4H3;1H. The van der Waals surface area contributed by atoms with Gasteiger partial charge in [0.05, 0.1) is 13.2 Å². The molecule has 2 heterocycles. The van der Waals surface area contributed by atoms with Crippen LogP contribution in [0.3, 0.4) is 0 Å². The van der Waals surface area contributed by atoms with Gasteiger partial charge in [0, 0.05) is 16.7 Å². The van der Waals surface area contributed by atoms with Crippen LogP contribution in [0.5, 0.6) is 11.6 Å². The Morgan fingerprint density at radius 3 is 2.49 bits per heavy atom. The third kappa shape index (κ3) is 5.51. The molecule has 2 aromatic heterocycles. The van der Waals surface area contributed by atoms with E-state index in [-0.39, 0.29) is 49.0 Å². The second-order valence-corrected chi connectivity index (χ2v) is 9.61. The maximum Gasteiger partial charge on any atom is 0.242 e. The largest absolute Gasteiger partial charge is 0.491 e. The van der Waals surface area contributed by atoms with Crippen molar-refractivity contribution in [1.29, 1.82) is 5.41 Å². The van der Waals surface area contributed by atoms with E-state index in [1.165, 1.54) is 9.20 Å². The number of ketones is 1. The number of nitrogens with one attached hydrogen (secondary N) is 1. The molecule has 0 saturated carbocycles. The lowest BCUT2D eigenvalue weighted by atomic mass is 9.85. The summed E-state index contributed by atoms with van der Waals surface area (Å²) in [6.45, 7) is 8.56. The smallest absolute Gasteiger partial charge is 0.242 e. The molecule has 1 aliphatic rings. The molecular weight excluding hydrogens is 470 g/mol. The lowest BCUT2D eigenvalue weighted by Crippen LogP contribution is -2.27. The van der Waals surface area contributed by atoms with Crippen molar-refractivity contribution in [3.63, 3.8) is 0 Å². The molecule has 0 fully saturated rings. The number of carbonyl (C=O) groups is 1. The molecule has 0 amide bonds. The highest BCUT2D eigenvalue weighted by Crippen LogP contribution is 2.30. The lowest BCUT2D eigenvalue weighted by molar-refractivity contribution is 0.0965. The highest BCUT2D eigenvalue weighted by molar-refractivity contribution is 5.96. The van der Waals surface area contributed by atoms with Crippen molar-refractivity contribution in [3.05, 3.63) is 46.1 Å². The Bertz CT molecular complexity index is 1280. The summed E-state index contributed by atoms with van der Waals surface area (Å²) >= 11 is 0. The van der Waals surface area contributed by atoms with Gasteiger partial charge >= 0.3 is 0 Å². The molecule has 190 valence electrons. The normalized spacial score (nSPS) is 13.3. The summed E-state index contributed by atoms with van der Waals surface area (Å²) in [6.07, 6.45) is 3.85. The van der Waals surface area contributed by atoms with E-state index >= 15 is 0 Å². The van der Waals surface area contributed by atoms with Crippen LogP contribution in [0.4, 0.5) is 0 Å². The van der Waals surface area contributed by atoms with Crippen LogP contribution >= 0.6 is 12.4 Å². The predicted molar refractivity (Wildman–Crippen MR) is 134 cm³/mol. The molecule has 9 nitrogen and oxygen atoms in total. The van der Waals surface area contributed by atoms with E-state index in [0.29, 0.717) is 29.4 Å². The number of rotatable bonds is 8. The number of aryl methyl sites for hydroxylation is 1. The summed E-state index contributed by atoms with van der Waals surface area (Å²) < 4.78 is 14.3. The van der Waals surface area contributed by atoms with Crippen LogP contribution in [0.1, 0.15) is 67.6 Å². The van der Waals surface area contributed by atoms with E-state index < -0.39 is 0 Å². The predicted octanol–water partition coefficient (Wildman–Crippen LogP) is 3.26. The van der Waals surface area contributed by atoms with Gasteiger partial charge in [-0.2, -0.15) is 4.52 Å². The Kier molecular flexibility index (Phi) is 8.22. The number of ether oxygens (including phenoxy) is 2. The van der Waals surface area contributed by atoms with Gasteiger partial charge in [-0.1, -0.05) is 20.8 Å². The van der Waals surface area contributed by atoms with Gasteiger partial charge in [-0.25, -0.2) is 4.68 Å². The quantitative estimate of drug-likeness (QED) is 0.456. The van der Waals surface area contributed by atoms with E-state index in [4.69, 9.17) is 20.0 Å². The number of aromatic nitrogens is 4. The number of hydrogen-bond acceptors (Lipinski definition) is 7. The first-order chi connectivity index (χ1) is 16.2.